The van der Waals surface area contributed by atoms with Gasteiger partial charge in [0.05, 0.1) is 4.90 Å². The molecule has 7 heteroatoms. The zero-order valence-electron chi connectivity index (χ0n) is 10.8. The van der Waals surface area contributed by atoms with Crippen LogP contribution in [0.5, 0.6) is 5.75 Å². The lowest BCUT2D eigenvalue weighted by Crippen LogP contribution is -2.29. The Morgan fingerprint density at radius 2 is 2.11 bits per heavy atom. The molecule has 104 valence electrons. The first-order valence-electron chi connectivity index (χ1n) is 5.84. The van der Waals surface area contributed by atoms with Gasteiger partial charge in [-0.1, -0.05) is 0 Å². The lowest BCUT2D eigenvalue weighted by atomic mass is 10.2. The summed E-state index contributed by atoms with van der Waals surface area (Å²) in [5.74, 6) is 0.441. The monoisotopic (exact) mass is 284 g/mol. The molecular formula is C12H16N2O4S. The Hall–Kier alpha value is -1.60. The van der Waals surface area contributed by atoms with Crippen molar-refractivity contribution < 1.29 is 17.9 Å². The van der Waals surface area contributed by atoms with Gasteiger partial charge in [-0.25, -0.2) is 13.6 Å². The van der Waals surface area contributed by atoms with Crippen molar-refractivity contribution >= 4 is 15.9 Å². The highest BCUT2D eigenvalue weighted by atomic mass is 32.2. The largest absolute Gasteiger partial charge is 0.480 e. The molecular weight excluding hydrogens is 268 g/mol. The van der Waals surface area contributed by atoms with E-state index in [2.05, 4.69) is 0 Å². The first-order chi connectivity index (χ1) is 8.79. The Labute approximate surface area is 112 Å². The average molecular weight is 284 g/mol. The topological polar surface area (TPSA) is 89.7 Å². The van der Waals surface area contributed by atoms with Crippen LogP contribution in [-0.2, 0) is 14.8 Å². The summed E-state index contributed by atoms with van der Waals surface area (Å²) in [4.78, 5) is 13.4. The van der Waals surface area contributed by atoms with Crippen molar-refractivity contribution in [1.29, 1.82) is 0 Å². The minimum absolute atomic E-state index is 0.0345. The molecule has 19 heavy (non-hydrogen) atoms. The second-order valence-electron chi connectivity index (χ2n) is 4.63. The number of nitrogens with two attached hydrogens (primary N) is 1. The molecule has 0 aliphatic carbocycles. The Kier molecular flexibility index (Phi) is 3.51. The summed E-state index contributed by atoms with van der Waals surface area (Å²) in [6, 6.07) is 4.34. The Morgan fingerprint density at radius 1 is 1.42 bits per heavy atom. The maximum absolute atomic E-state index is 11.7. The Morgan fingerprint density at radius 3 is 2.58 bits per heavy atom. The molecule has 6 nitrogen and oxygen atoms in total. The van der Waals surface area contributed by atoms with E-state index in [-0.39, 0.29) is 10.8 Å². The second-order valence-corrected chi connectivity index (χ2v) is 6.19. The lowest BCUT2D eigenvalue weighted by molar-refractivity contribution is -0.132. The maximum Gasteiger partial charge on any atom is 0.263 e. The fourth-order valence-electron chi connectivity index (χ4n) is 1.98. The standard InChI is InChI=1S/C12H16N2O4S/c1-8-7-9(19(13,16)17)3-4-10(8)18-11-5-6-14(2)12(11)15/h3-4,7,11H,5-6H2,1-2H3,(H2,13,16,17). The van der Waals surface area contributed by atoms with Crippen LogP contribution in [0.2, 0.25) is 0 Å². The van der Waals surface area contributed by atoms with Gasteiger partial charge < -0.3 is 9.64 Å². The molecule has 0 aromatic heterocycles. The van der Waals surface area contributed by atoms with Crippen LogP contribution in [-0.4, -0.2) is 38.9 Å². The minimum Gasteiger partial charge on any atom is -0.480 e. The highest BCUT2D eigenvalue weighted by Gasteiger charge is 2.31. The smallest absolute Gasteiger partial charge is 0.263 e. The molecule has 2 rings (SSSR count). The van der Waals surface area contributed by atoms with E-state index in [0.717, 1.165) is 0 Å². The third-order valence-corrected chi connectivity index (χ3v) is 4.03. The highest BCUT2D eigenvalue weighted by molar-refractivity contribution is 7.89. The summed E-state index contributed by atoms with van der Waals surface area (Å²) in [6.45, 7) is 2.38. The molecule has 1 aliphatic rings. The predicted octanol–water partition coefficient (Wildman–Crippen LogP) is 0.252. The molecule has 1 unspecified atom stereocenters. The van der Waals surface area contributed by atoms with Gasteiger partial charge in [0.25, 0.3) is 5.91 Å². The number of primary sulfonamides is 1. The number of aryl methyl sites for hydroxylation is 1. The van der Waals surface area contributed by atoms with Crippen LogP contribution in [0.4, 0.5) is 0 Å². The van der Waals surface area contributed by atoms with Crippen molar-refractivity contribution in [3.05, 3.63) is 23.8 Å². The molecule has 1 atom stereocenters. The number of nitrogens with zero attached hydrogens (tertiary/aromatic N) is 1. The van der Waals surface area contributed by atoms with Crippen molar-refractivity contribution in [2.24, 2.45) is 5.14 Å². The number of ether oxygens (including phenoxy) is 1. The zero-order valence-corrected chi connectivity index (χ0v) is 11.6. The van der Waals surface area contributed by atoms with Gasteiger partial charge in [-0.2, -0.15) is 0 Å². The van der Waals surface area contributed by atoms with Gasteiger partial charge in [0.15, 0.2) is 6.10 Å². The predicted molar refractivity (Wildman–Crippen MR) is 69.2 cm³/mol. The van der Waals surface area contributed by atoms with Gasteiger partial charge in [-0.05, 0) is 30.7 Å². The molecule has 1 saturated heterocycles. The van der Waals surface area contributed by atoms with Gasteiger partial charge in [0.1, 0.15) is 5.75 Å². The van der Waals surface area contributed by atoms with E-state index in [0.29, 0.717) is 24.3 Å². The van der Waals surface area contributed by atoms with Crippen molar-refractivity contribution in [3.8, 4) is 5.75 Å². The van der Waals surface area contributed by atoms with Gasteiger partial charge >= 0.3 is 0 Å². The number of hydrogen-bond acceptors (Lipinski definition) is 4. The molecule has 0 spiro atoms. The van der Waals surface area contributed by atoms with Gasteiger partial charge in [0, 0.05) is 20.0 Å². The highest BCUT2D eigenvalue weighted by Crippen LogP contribution is 2.24. The van der Waals surface area contributed by atoms with E-state index in [9.17, 15) is 13.2 Å². The van der Waals surface area contributed by atoms with Gasteiger partial charge in [-0.3, -0.25) is 4.79 Å². The second kappa shape index (κ2) is 4.82. The Bertz CT molecular complexity index is 612. The van der Waals surface area contributed by atoms with Crippen molar-refractivity contribution in [1.82, 2.24) is 4.90 Å². The summed E-state index contributed by atoms with van der Waals surface area (Å²) in [5, 5.41) is 5.05. The fourth-order valence-corrected chi connectivity index (χ4v) is 2.58. The summed E-state index contributed by atoms with van der Waals surface area (Å²) in [7, 11) is -1.99. The number of hydrogen-bond donors (Lipinski definition) is 1. The van der Waals surface area contributed by atoms with E-state index < -0.39 is 16.1 Å². The summed E-state index contributed by atoms with van der Waals surface area (Å²) in [5.41, 5.74) is 0.633. The number of benzene rings is 1. The van der Waals surface area contributed by atoms with E-state index in [4.69, 9.17) is 9.88 Å². The van der Waals surface area contributed by atoms with E-state index in [1.807, 2.05) is 0 Å². The van der Waals surface area contributed by atoms with E-state index >= 15 is 0 Å². The molecule has 1 fully saturated rings. The number of amides is 1. The third kappa shape index (κ3) is 2.87. The molecule has 1 amide bonds. The molecule has 1 aromatic rings. The average Bonchev–Trinajstić information content (AvgIpc) is 2.62. The number of sulfonamides is 1. The van der Waals surface area contributed by atoms with Crippen LogP contribution < -0.4 is 9.88 Å². The van der Waals surface area contributed by atoms with Crippen molar-refractivity contribution in [2.75, 3.05) is 13.6 Å². The van der Waals surface area contributed by atoms with Crippen LogP contribution >= 0.6 is 0 Å². The maximum atomic E-state index is 11.7. The quantitative estimate of drug-likeness (QED) is 0.861. The molecule has 1 aliphatic heterocycles. The Balaban J connectivity index is 2.21. The van der Waals surface area contributed by atoms with Crippen LogP contribution in [0.15, 0.2) is 23.1 Å². The molecule has 2 N–H and O–H groups in total. The number of carbonyl (C=O) groups excluding carboxylic acids is 1. The SMILES string of the molecule is Cc1cc(S(N)(=O)=O)ccc1OC1CCN(C)C1=O. The summed E-state index contributed by atoms with van der Waals surface area (Å²) >= 11 is 0. The summed E-state index contributed by atoms with van der Waals surface area (Å²) < 4.78 is 28.1. The molecule has 0 bridgehead atoms. The first kappa shape index (κ1) is 13.8. The zero-order chi connectivity index (χ0) is 14.2. The number of rotatable bonds is 3. The molecule has 0 saturated carbocycles. The van der Waals surface area contributed by atoms with Crippen molar-refractivity contribution in [3.63, 3.8) is 0 Å². The fraction of sp³-hybridized carbons (Fsp3) is 0.417. The molecule has 1 aromatic carbocycles. The number of likely N-dealkylation sites (N-methyl/N-ethyl adjacent to an activating group) is 1. The first-order valence-corrected chi connectivity index (χ1v) is 7.39. The number of likely N-dealkylation sites (tertiary alicyclic amines) is 1. The normalized spacial score (nSPS) is 19.8. The van der Waals surface area contributed by atoms with E-state index in [1.165, 1.54) is 18.2 Å². The van der Waals surface area contributed by atoms with Crippen LogP contribution in [0.25, 0.3) is 0 Å². The van der Waals surface area contributed by atoms with Gasteiger partial charge in [-0.15, -0.1) is 0 Å². The summed E-state index contributed by atoms with van der Waals surface area (Å²) in [6.07, 6.45) is 0.134. The van der Waals surface area contributed by atoms with Crippen LogP contribution in [0.1, 0.15) is 12.0 Å². The van der Waals surface area contributed by atoms with Crippen LogP contribution in [0, 0.1) is 6.92 Å². The van der Waals surface area contributed by atoms with E-state index in [1.54, 1.807) is 18.9 Å². The molecule has 1 heterocycles. The minimum atomic E-state index is -3.72. The van der Waals surface area contributed by atoms with Gasteiger partial charge in [0.2, 0.25) is 10.0 Å². The molecule has 0 radical (unpaired) electrons. The van der Waals surface area contributed by atoms with Crippen molar-refractivity contribution in [2.45, 2.75) is 24.3 Å². The lowest BCUT2D eigenvalue weighted by Gasteiger charge is -2.15. The number of carbonyl (C=O) groups is 1. The third-order valence-electron chi connectivity index (χ3n) is 3.12. The van der Waals surface area contributed by atoms with Crippen LogP contribution in [0.3, 0.4) is 0 Å².